The van der Waals surface area contributed by atoms with Gasteiger partial charge in [-0.3, -0.25) is 13.9 Å². The highest BCUT2D eigenvalue weighted by Gasteiger charge is 2.34. The van der Waals surface area contributed by atoms with E-state index in [9.17, 15) is 18.0 Å². The smallest absolute Gasteiger partial charge is 0.264 e. The molecule has 0 aliphatic heterocycles. The number of nitrogens with one attached hydrogen (secondary N) is 1. The van der Waals surface area contributed by atoms with Gasteiger partial charge in [-0.05, 0) is 68.3 Å². The number of anilines is 1. The first kappa shape index (κ1) is 30.8. The largest absolute Gasteiger partial charge is 0.355 e. The molecule has 0 spiro atoms. The molecule has 3 rings (SSSR count). The summed E-state index contributed by atoms with van der Waals surface area (Å²) >= 11 is 18.7. The Balaban J connectivity index is 2.08. The molecule has 0 bridgehead atoms. The average molecular weight is 611 g/mol. The van der Waals surface area contributed by atoms with E-state index in [-0.39, 0.29) is 23.0 Å². The van der Waals surface area contributed by atoms with E-state index in [1.807, 2.05) is 6.92 Å². The predicted molar refractivity (Wildman–Crippen MR) is 157 cm³/mol. The van der Waals surface area contributed by atoms with Crippen LogP contribution >= 0.6 is 34.8 Å². The SMILES string of the molecule is CCNC(=O)C(CC)N(Cc1ccc(Cl)cc1Cl)C(=O)CN(c1cccc(Cl)c1)S(=O)(=O)c1ccc(C)cc1. The molecule has 39 heavy (non-hydrogen) atoms. The van der Waals surface area contributed by atoms with Crippen molar-refractivity contribution >= 4 is 62.3 Å². The summed E-state index contributed by atoms with van der Waals surface area (Å²) in [6, 6.07) is 16.6. The predicted octanol–water partition coefficient (Wildman–Crippen LogP) is 6.09. The maximum absolute atomic E-state index is 14.0. The van der Waals surface area contributed by atoms with Crippen LogP contribution in [0.1, 0.15) is 31.4 Å². The minimum atomic E-state index is -4.18. The molecule has 2 amide bonds. The molecule has 0 fully saturated rings. The maximum atomic E-state index is 14.0. The normalized spacial score (nSPS) is 12.1. The van der Waals surface area contributed by atoms with Crippen molar-refractivity contribution < 1.29 is 18.0 Å². The number of carbonyl (C=O) groups excluding carboxylic acids is 2. The van der Waals surface area contributed by atoms with E-state index in [2.05, 4.69) is 5.32 Å². The number of carbonyl (C=O) groups is 2. The molecule has 0 aliphatic rings. The quantitative estimate of drug-likeness (QED) is 0.285. The lowest BCUT2D eigenvalue weighted by Crippen LogP contribution is -2.52. The topological polar surface area (TPSA) is 86.8 Å². The molecule has 0 heterocycles. The van der Waals surface area contributed by atoms with E-state index in [1.165, 1.54) is 23.1 Å². The summed E-state index contributed by atoms with van der Waals surface area (Å²) in [7, 11) is -4.18. The molecule has 0 aliphatic carbocycles. The highest BCUT2D eigenvalue weighted by Crippen LogP contribution is 2.28. The molecular weight excluding hydrogens is 581 g/mol. The van der Waals surface area contributed by atoms with Gasteiger partial charge in [0.15, 0.2) is 0 Å². The molecule has 0 radical (unpaired) electrons. The van der Waals surface area contributed by atoms with Crippen LogP contribution in [0.3, 0.4) is 0 Å². The van der Waals surface area contributed by atoms with Crippen LogP contribution in [-0.2, 0) is 26.2 Å². The molecular formula is C28H30Cl3N3O4S. The number of halogens is 3. The standard InChI is InChI=1S/C28H30Cl3N3O4S/c1-4-26(28(36)32-5-2)33(17-20-11-12-22(30)16-25(20)31)27(35)18-34(23-8-6-7-21(29)15-23)39(37,38)24-13-9-19(3)10-14-24/h6-16,26H,4-5,17-18H2,1-3H3,(H,32,36). The fourth-order valence-electron chi connectivity index (χ4n) is 4.04. The maximum Gasteiger partial charge on any atom is 0.264 e. The zero-order valence-corrected chi connectivity index (χ0v) is 24.9. The second-order valence-corrected chi connectivity index (χ2v) is 12.0. The van der Waals surface area contributed by atoms with Gasteiger partial charge in [0.05, 0.1) is 10.6 Å². The molecule has 7 nitrogen and oxygen atoms in total. The Hall–Kier alpha value is -2.78. The molecule has 11 heteroatoms. The number of benzene rings is 3. The van der Waals surface area contributed by atoms with E-state index in [4.69, 9.17) is 34.8 Å². The van der Waals surface area contributed by atoms with Crippen LogP contribution in [0.25, 0.3) is 0 Å². The zero-order valence-electron chi connectivity index (χ0n) is 21.8. The third-order valence-corrected chi connectivity index (χ3v) is 8.69. The molecule has 0 saturated heterocycles. The van der Waals surface area contributed by atoms with Gasteiger partial charge < -0.3 is 10.2 Å². The van der Waals surface area contributed by atoms with E-state index in [0.717, 1.165) is 9.87 Å². The van der Waals surface area contributed by atoms with Crippen molar-refractivity contribution in [3.05, 3.63) is 92.9 Å². The summed E-state index contributed by atoms with van der Waals surface area (Å²) in [5, 5.41) is 3.82. The van der Waals surface area contributed by atoms with Crippen LogP contribution in [0.15, 0.2) is 71.6 Å². The first-order chi connectivity index (χ1) is 18.5. The Morgan fingerprint density at radius 2 is 1.59 bits per heavy atom. The van der Waals surface area contributed by atoms with Crippen molar-refractivity contribution in [2.24, 2.45) is 0 Å². The monoisotopic (exact) mass is 609 g/mol. The summed E-state index contributed by atoms with van der Waals surface area (Å²) < 4.78 is 28.7. The van der Waals surface area contributed by atoms with Crippen LogP contribution in [0.4, 0.5) is 5.69 Å². The number of sulfonamides is 1. The Bertz CT molecular complexity index is 1430. The first-order valence-electron chi connectivity index (χ1n) is 12.3. The average Bonchev–Trinajstić information content (AvgIpc) is 2.88. The molecule has 208 valence electrons. The molecule has 1 N–H and O–H groups in total. The molecule has 1 unspecified atom stereocenters. The Morgan fingerprint density at radius 1 is 0.923 bits per heavy atom. The molecule has 0 saturated carbocycles. The second kappa shape index (κ2) is 13.5. The highest BCUT2D eigenvalue weighted by atomic mass is 35.5. The van der Waals surface area contributed by atoms with E-state index in [0.29, 0.717) is 33.6 Å². The van der Waals surface area contributed by atoms with Gasteiger partial charge >= 0.3 is 0 Å². The first-order valence-corrected chi connectivity index (χ1v) is 14.9. The van der Waals surface area contributed by atoms with Crippen molar-refractivity contribution in [1.29, 1.82) is 0 Å². The minimum absolute atomic E-state index is 0.0175. The van der Waals surface area contributed by atoms with E-state index in [1.54, 1.807) is 62.4 Å². The van der Waals surface area contributed by atoms with Crippen molar-refractivity contribution in [2.45, 2.75) is 44.7 Å². The third-order valence-electron chi connectivity index (χ3n) is 6.08. The highest BCUT2D eigenvalue weighted by molar-refractivity contribution is 7.92. The van der Waals surface area contributed by atoms with Gasteiger partial charge in [-0.2, -0.15) is 0 Å². The van der Waals surface area contributed by atoms with Gasteiger partial charge in [-0.1, -0.05) is 71.6 Å². The van der Waals surface area contributed by atoms with Gasteiger partial charge in [0.25, 0.3) is 10.0 Å². The summed E-state index contributed by atoms with van der Waals surface area (Å²) in [6.45, 7) is 5.18. The van der Waals surface area contributed by atoms with Crippen molar-refractivity contribution in [3.8, 4) is 0 Å². The van der Waals surface area contributed by atoms with Crippen LogP contribution in [0, 0.1) is 6.92 Å². The lowest BCUT2D eigenvalue weighted by atomic mass is 10.1. The summed E-state index contributed by atoms with van der Waals surface area (Å²) in [5.41, 5.74) is 1.66. The van der Waals surface area contributed by atoms with Crippen molar-refractivity contribution in [1.82, 2.24) is 10.2 Å². The summed E-state index contributed by atoms with van der Waals surface area (Å²) in [4.78, 5) is 28.3. The minimum Gasteiger partial charge on any atom is -0.355 e. The number of rotatable bonds is 11. The number of hydrogen-bond donors (Lipinski definition) is 1. The van der Waals surface area contributed by atoms with Crippen LogP contribution in [-0.4, -0.2) is 44.3 Å². The van der Waals surface area contributed by atoms with Crippen molar-refractivity contribution in [2.75, 3.05) is 17.4 Å². The molecule has 1 atom stereocenters. The lowest BCUT2D eigenvalue weighted by Gasteiger charge is -2.33. The van der Waals surface area contributed by atoms with Gasteiger partial charge in [0.2, 0.25) is 11.8 Å². The summed E-state index contributed by atoms with van der Waals surface area (Å²) in [6.07, 6.45) is 0.296. The number of likely N-dealkylation sites (N-methyl/N-ethyl adjacent to an activating group) is 1. The number of nitrogens with zero attached hydrogens (tertiary/aromatic N) is 2. The van der Waals surface area contributed by atoms with Gasteiger partial charge in [-0.15, -0.1) is 0 Å². The number of aryl methyl sites for hydroxylation is 1. The second-order valence-electron chi connectivity index (χ2n) is 8.88. The zero-order chi connectivity index (χ0) is 28.7. The number of hydrogen-bond acceptors (Lipinski definition) is 4. The van der Waals surface area contributed by atoms with E-state index >= 15 is 0 Å². The van der Waals surface area contributed by atoms with Crippen LogP contribution < -0.4 is 9.62 Å². The molecule has 3 aromatic carbocycles. The van der Waals surface area contributed by atoms with Gasteiger partial charge in [0, 0.05) is 28.2 Å². The van der Waals surface area contributed by atoms with Crippen molar-refractivity contribution in [3.63, 3.8) is 0 Å². The fourth-order valence-corrected chi connectivity index (χ4v) is 6.10. The Kier molecular flexibility index (Phi) is 10.7. The Morgan fingerprint density at radius 3 is 2.18 bits per heavy atom. The van der Waals surface area contributed by atoms with Crippen LogP contribution in [0.2, 0.25) is 15.1 Å². The molecule has 3 aromatic rings. The summed E-state index contributed by atoms with van der Waals surface area (Å²) in [5.74, 6) is -0.941. The lowest BCUT2D eigenvalue weighted by molar-refractivity contribution is -0.140. The Labute approximate surface area is 244 Å². The van der Waals surface area contributed by atoms with Gasteiger partial charge in [0.1, 0.15) is 12.6 Å². The van der Waals surface area contributed by atoms with Crippen LogP contribution in [0.5, 0.6) is 0 Å². The molecule has 0 aromatic heterocycles. The van der Waals surface area contributed by atoms with E-state index < -0.39 is 28.5 Å². The third kappa shape index (κ3) is 7.66. The fraction of sp³-hybridized carbons (Fsp3) is 0.286. The van der Waals surface area contributed by atoms with Gasteiger partial charge in [-0.25, -0.2) is 8.42 Å². The number of amides is 2.